The molecule has 2 amide bonds. The van der Waals surface area contributed by atoms with Crippen LogP contribution in [0.15, 0.2) is 24.5 Å². The van der Waals surface area contributed by atoms with Crippen LogP contribution in [0.3, 0.4) is 0 Å². The van der Waals surface area contributed by atoms with Gasteiger partial charge in [0, 0.05) is 32.2 Å². The molecule has 1 fully saturated rings. The predicted molar refractivity (Wildman–Crippen MR) is 150 cm³/mol. The summed E-state index contributed by atoms with van der Waals surface area (Å²) in [5.41, 5.74) is -0.789. The topological polar surface area (TPSA) is 126 Å². The summed E-state index contributed by atoms with van der Waals surface area (Å²) >= 11 is 6.84. The largest absolute Gasteiger partial charge is 0.507 e. The Morgan fingerprint density at radius 2 is 1.98 bits per heavy atom. The van der Waals surface area contributed by atoms with Gasteiger partial charge in [0.1, 0.15) is 52.2 Å². The Morgan fingerprint density at radius 3 is 2.71 bits per heavy atom. The minimum absolute atomic E-state index is 0.0216. The van der Waals surface area contributed by atoms with Gasteiger partial charge in [-0.25, -0.2) is 14.2 Å². The predicted octanol–water partition coefficient (Wildman–Crippen LogP) is 3.70. The molecule has 222 valence electrons. The molecule has 1 saturated heterocycles. The third kappa shape index (κ3) is 4.85. The molecule has 3 aromatic rings. The van der Waals surface area contributed by atoms with Crippen molar-refractivity contribution >= 4 is 29.4 Å². The third-order valence-corrected chi connectivity index (χ3v) is 7.96. The van der Waals surface area contributed by atoms with Crippen molar-refractivity contribution in [2.45, 2.75) is 58.5 Å². The Kier molecular flexibility index (Phi) is 6.87. The standard InChI is InChI=1S/C28H31ClFN7O5/c1-15-10-35-14-31-33-19(35)12-37(15)25-21-24(22(29)23(32-25)20-17(30)6-5-7-18(20)38)41-13-16-11-34(8-9-36(16)26(21)39)27(40)42-28(2,3)4/h5-7,14-16,38H,8-13H2,1-4H3/t15?,16-/m1/s1. The highest BCUT2D eigenvalue weighted by molar-refractivity contribution is 6.35. The van der Waals surface area contributed by atoms with Crippen LogP contribution in [0.2, 0.25) is 5.02 Å². The van der Waals surface area contributed by atoms with E-state index < -0.39 is 23.6 Å². The molecule has 0 saturated carbocycles. The number of aromatic hydroxyl groups is 1. The van der Waals surface area contributed by atoms with E-state index in [1.54, 1.807) is 36.9 Å². The highest BCUT2D eigenvalue weighted by Gasteiger charge is 2.42. The molecule has 1 N–H and O–H groups in total. The van der Waals surface area contributed by atoms with Crippen LogP contribution >= 0.6 is 11.6 Å². The number of fused-ring (bicyclic) bond motifs is 3. The second-order valence-electron chi connectivity index (χ2n) is 11.7. The number of nitrogens with zero attached hydrogens (tertiary/aromatic N) is 7. The summed E-state index contributed by atoms with van der Waals surface area (Å²) in [5.74, 6) is -0.515. The lowest BCUT2D eigenvalue weighted by molar-refractivity contribution is 0.000953. The van der Waals surface area contributed by atoms with E-state index in [2.05, 4.69) is 10.2 Å². The summed E-state index contributed by atoms with van der Waals surface area (Å²) in [6.45, 7) is 8.87. The fourth-order valence-electron chi connectivity index (χ4n) is 5.59. The van der Waals surface area contributed by atoms with E-state index in [1.165, 1.54) is 18.2 Å². The van der Waals surface area contributed by atoms with Crippen LogP contribution in [0.4, 0.5) is 15.0 Å². The SMILES string of the molecule is CC1Cn2cnnc2CN1c1nc(-c2c(O)cccc2F)c(Cl)c2c1C(=O)N1CCN(C(=O)OC(C)(C)C)C[C@@H]1CO2. The molecule has 3 aliphatic heterocycles. The minimum atomic E-state index is -0.730. The number of phenolic OH excluding ortho intramolecular Hbond substituents is 1. The maximum atomic E-state index is 15.1. The summed E-state index contributed by atoms with van der Waals surface area (Å²) in [4.78, 5) is 37.0. The minimum Gasteiger partial charge on any atom is -0.507 e. The van der Waals surface area contributed by atoms with Crippen molar-refractivity contribution in [2.24, 2.45) is 0 Å². The van der Waals surface area contributed by atoms with Crippen molar-refractivity contribution in [3.63, 3.8) is 0 Å². The smallest absolute Gasteiger partial charge is 0.410 e. The lowest BCUT2D eigenvalue weighted by atomic mass is 10.0. The van der Waals surface area contributed by atoms with E-state index in [-0.39, 0.29) is 83.9 Å². The lowest BCUT2D eigenvalue weighted by Gasteiger charge is -2.40. The molecule has 3 aliphatic rings. The molecule has 0 aliphatic carbocycles. The zero-order valence-corrected chi connectivity index (χ0v) is 24.4. The molecule has 42 heavy (non-hydrogen) atoms. The number of pyridine rings is 1. The number of hydrogen-bond donors (Lipinski definition) is 1. The first kappa shape index (κ1) is 28.0. The normalized spacial score (nSPS) is 20.3. The van der Waals surface area contributed by atoms with E-state index in [0.29, 0.717) is 12.4 Å². The van der Waals surface area contributed by atoms with Crippen molar-refractivity contribution in [3.8, 4) is 22.8 Å². The quantitative estimate of drug-likeness (QED) is 0.469. The number of benzene rings is 1. The van der Waals surface area contributed by atoms with Gasteiger partial charge >= 0.3 is 6.09 Å². The molecule has 2 atom stereocenters. The second-order valence-corrected chi connectivity index (χ2v) is 12.1. The van der Waals surface area contributed by atoms with E-state index >= 15 is 4.39 Å². The molecular weight excluding hydrogens is 569 g/mol. The summed E-state index contributed by atoms with van der Waals surface area (Å²) in [6.07, 6.45) is 1.17. The van der Waals surface area contributed by atoms with E-state index in [9.17, 15) is 14.7 Å². The first-order chi connectivity index (χ1) is 19.9. The van der Waals surface area contributed by atoms with E-state index in [0.717, 1.165) is 0 Å². The molecule has 5 heterocycles. The maximum absolute atomic E-state index is 15.1. The van der Waals surface area contributed by atoms with Crippen molar-refractivity contribution in [1.29, 1.82) is 0 Å². The molecule has 2 aromatic heterocycles. The molecule has 1 unspecified atom stereocenters. The first-order valence-electron chi connectivity index (χ1n) is 13.7. The number of anilines is 1. The van der Waals surface area contributed by atoms with Crippen LogP contribution in [-0.2, 0) is 17.8 Å². The molecule has 1 aromatic carbocycles. The summed E-state index contributed by atoms with van der Waals surface area (Å²) < 4.78 is 28.8. The van der Waals surface area contributed by atoms with Gasteiger partial charge in [-0.05, 0) is 39.8 Å². The Balaban J connectivity index is 1.45. The molecule has 6 rings (SSSR count). The maximum Gasteiger partial charge on any atom is 0.410 e. The fourth-order valence-corrected chi connectivity index (χ4v) is 5.87. The van der Waals surface area contributed by atoms with Crippen molar-refractivity contribution < 1.29 is 28.6 Å². The van der Waals surface area contributed by atoms with Gasteiger partial charge in [0.05, 0.1) is 18.2 Å². The summed E-state index contributed by atoms with van der Waals surface area (Å²) in [5, 5.41) is 18.7. The Morgan fingerprint density at radius 1 is 1.19 bits per heavy atom. The van der Waals surface area contributed by atoms with E-state index in [1.807, 2.05) is 16.4 Å². The van der Waals surface area contributed by atoms with Gasteiger partial charge in [0.15, 0.2) is 11.6 Å². The zero-order chi connectivity index (χ0) is 29.9. The average Bonchev–Trinajstić information content (AvgIpc) is 3.32. The average molecular weight is 600 g/mol. The van der Waals surface area contributed by atoms with Crippen molar-refractivity contribution in [3.05, 3.63) is 46.8 Å². The fraction of sp³-hybridized carbons (Fsp3) is 0.464. The Bertz CT molecular complexity index is 1550. The number of amides is 2. The van der Waals surface area contributed by atoms with Gasteiger partial charge in [0.2, 0.25) is 0 Å². The number of carbonyl (C=O) groups is 2. The van der Waals surface area contributed by atoms with Crippen LogP contribution in [0.5, 0.6) is 11.5 Å². The van der Waals surface area contributed by atoms with Gasteiger partial charge in [0.25, 0.3) is 5.91 Å². The number of piperazine rings is 1. The Hall–Kier alpha value is -4.13. The van der Waals surface area contributed by atoms with Crippen LogP contribution in [0, 0.1) is 5.82 Å². The third-order valence-electron chi connectivity index (χ3n) is 7.61. The summed E-state index contributed by atoms with van der Waals surface area (Å²) in [6, 6.07) is 3.25. The van der Waals surface area contributed by atoms with E-state index in [4.69, 9.17) is 26.1 Å². The number of phenols is 1. The number of ether oxygens (including phenoxy) is 2. The van der Waals surface area contributed by atoms with Gasteiger partial charge in [-0.2, -0.15) is 0 Å². The van der Waals surface area contributed by atoms with Gasteiger partial charge in [-0.1, -0.05) is 17.7 Å². The van der Waals surface area contributed by atoms with Gasteiger partial charge < -0.3 is 33.8 Å². The molecular formula is C28H31ClFN7O5. The molecule has 12 nitrogen and oxygen atoms in total. The lowest BCUT2D eigenvalue weighted by Crippen LogP contribution is -2.58. The molecule has 14 heteroatoms. The van der Waals surface area contributed by atoms with Crippen LogP contribution in [0.25, 0.3) is 11.3 Å². The molecule has 0 bridgehead atoms. The first-order valence-corrected chi connectivity index (χ1v) is 14.1. The Labute approximate surface area is 246 Å². The van der Waals surface area contributed by atoms with Crippen LogP contribution in [0.1, 0.15) is 43.9 Å². The number of aromatic nitrogens is 4. The number of carbonyl (C=O) groups excluding carboxylic acids is 2. The highest BCUT2D eigenvalue weighted by atomic mass is 35.5. The number of rotatable bonds is 2. The number of halogens is 2. The van der Waals surface area contributed by atoms with Crippen molar-refractivity contribution in [2.75, 3.05) is 31.1 Å². The van der Waals surface area contributed by atoms with Crippen molar-refractivity contribution in [1.82, 2.24) is 29.5 Å². The number of hydrogen-bond acceptors (Lipinski definition) is 9. The van der Waals surface area contributed by atoms with Crippen LogP contribution in [-0.4, -0.2) is 90.6 Å². The van der Waals surface area contributed by atoms with Gasteiger partial charge in [-0.3, -0.25) is 4.79 Å². The van der Waals surface area contributed by atoms with Crippen LogP contribution < -0.4 is 9.64 Å². The van der Waals surface area contributed by atoms with Gasteiger partial charge in [-0.15, -0.1) is 10.2 Å². The monoisotopic (exact) mass is 599 g/mol. The highest BCUT2D eigenvalue weighted by Crippen LogP contribution is 2.46. The summed E-state index contributed by atoms with van der Waals surface area (Å²) in [7, 11) is 0. The zero-order valence-electron chi connectivity index (χ0n) is 23.7. The molecule has 0 spiro atoms. The molecule has 0 radical (unpaired) electrons. The second kappa shape index (κ2) is 10.3.